The molecule has 0 spiro atoms. The van der Waals surface area contributed by atoms with Crippen molar-refractivity contribution >= 4 is 22.1 Å². The quantitative estimate of drug-likeness (QED) is 0.388. The molecule has 202 valence electrons. The van der Waals surface area contributed by atoms with Crippen molar-refractivity contribution in [2.75, 3.05) is 6.61 Å². The molecule has 8 fully saturated rings. The lowest BCUT2D eigenvalue weighted by molar-refractivity contribution is -0.246. The zero-order chi connectivity index (χ0) is 25.7. The highest BCUT2D eigenvalue weighted by atomic mass is 32.2. The normalized spacial score (nSPS) is 46.7. The number of esters is 2. The zero-order valence-corrected chi connectivity index (χ0v) is 21.2. The second-order valence-electron chi connectivity index (χ2n) is 13.0. The molecule has 11 heteroatoms. The molecule has 1 N–H and O–H groups in total. The fourth-order valence-electron chi connectivity index (χ4n) is 9.52. The van der Waals surface area contributed by atoms with Crippen molar-refractivity contribution in [2.24, 2.45) is 35.5 Å². The van der Waals surface area contributed by atoms with E-state index in [1.807, 2.05) is 0 Å². The summed E-state index contributed by atoms with van der Waals surface area (Å²) in [5.74, 6) is -0.341. The molecular weight excluding hydrogens is 498 g/mol. The molecule has 0 aromatic carbocycles. The maximum Gasteiger partial charge on any atom is 0.465 e. The summed E-state index contributed by atoms with van der Waals surface area (Å²) in [6, 6.07) is 0. The van der Waals surface area contributed by atoms with Gasteiger partial charge in [-0.2, -0.15) is 17.2 Å². The Balaban J connectivity index is 1.13. The summed E-state index contributed by atoms with van der Waals surface area (Å²) in [6.07, 6.45) is 8.57. The Hall–Kier alpha value is -1.33. The summed E-state index contributed by atoms with van der Waals surface area (Å²) in [4.78, 5) is 25.1. The third-order valence-electron chi connectivity index (χ3n) is 10.4. The average molecular weight is 533 g/mol. The van der Waals surface area contributed by atoms with Crippen LogP contribution in [0, 0.1) is 35.5 Å². The molecule has 0 saturated heterocycles. The van der Waals surface area contributed by atoms with Crippen LogP contribution in [-0.4, -0.2) is 53.6 Å². The fourth-order valence-corrected chi connectivity index (χ4v) is 9.77. The first-order valence-electron chi connectivity index (χ1n) is 13.1. The Kier molecular flexibility index (Phi) is 5.44. The molecule has 0 aromatic rings. The van der Waals surface area contributed by atoms with E-state index in [2.05, 4.69) is 6.92 Å². The number of ether oxygens (including phenoxy) is 3. The van der Waals surface area contributed by atoms with Crippen LogP contribution >= 0.6 is 0 Å². The molecule has 2 unspecified atom stereocenters. The van der Waals surface area contributed by atoms with Gasteiger partial charge in [0.2, 0.25) is 0 Å². The highest BCUT2D eigenvalue weighted by Gasteiger charge is 2.64. The number of carbonyl (C=O) groups is 2. The molecule has 8 rings (SSSR count). The van der Waals surface area contributed by atoms with Crippen molar-refractivity contribution in [3.63, 3.8) is 0 Å². The standard InChI is InChI=1S/C25H34F2O8S/c1-22(18-4-14-2-15(6-18)7-19(22)5-14)34-20(28)12-33-23-8-16-3-17(9-23)11-24(10-16,13-23)35-21(29)25(26,27)36(30,31)32/h14-19H,2-13H2,1H3,(H,30,31,32). The Morgan fingerprint density at radius 2 is 1.36 bits per heavy atom. The summed E-state index contributed by atoms with van der Waals surface area (Å²) in [5, 5.41) is -5.04. The van der Waals surface area contributed by atoms with Crippen LogP contribution in [0.25, 0.3) is 0 Å². The van der Waals surface area contributed by atoms with Crippen LogP contribution in [0.15, 0.2) is 0 Å². The predicted octanol–water partition coefficient (Wildman–Crippen LogP) is 3.88. The molecule has 0 amide bonds. The molecule has 8 aliphatic rings. The van der Waals surface area contributed by atoms with Gasteiger partial charge in [-0.25, -0.2) is 9.59 Å². The molecule has 8 saturated carbocycles. The maximum atomic E-state index is 13.9. The van der Waals surface area contributed by atoms with E-state index in [9.17, 15) is 26.8 Å². The lowest BCUT2D eigenvalue weighted by Crippen LogP contribution is -2.62. The van der Waals surface area contributed by atoms with Crippen LogP contribution in [-0.2, 0) is 33.9 Å². The molecule has 0 aliphatic heterocycles. The highest BCUT2D eigenvalue weighted by Crippen LogP contribution is 2.61. The van der Waals surface area contributed by atoms with E-state index < -0.39 is 44.1 Å². The van der Waals surface area contributed by atoms with Crippen molar-refractivity contribution in [1.82, 2.24) is 0 Å². The third-order valence-corrected chi connectivity index (χ3v) is 11.2. The number of carbonyl (C=O) groups excluding carboxylic acids is 2. The van der Waals surface area contributed by atoms with Crippen LogP contribution in [0.1, 0.15) is 77.6 Å². The Bertz CT molecular complexity index is 1030. The molecule has 8 bridgehead atoms. The number of rotatable bonds is 7. The van der Waals surface area contributed by atoms with Crippen LogP contribution in [0.5, 0.6) is 0 Å². The van der Waals surface area contributed by atoms with E-state index in [-0.39, 0.29) is 24.9 Å². The third kappa shape index (κ3) is 3.90. The molecule has 2 atom stereocenters. The molecule has 36 heavy (non-hydrogen) atoms. The van der Waals surface area contributed by atoms with Crippen molar-refractivity contribution in [2.45, 2.75) is 99.6 Å². The van der Waals surface area contributed by atoms with E-state index in [1.54, 1.807) is 0 Å². The number of hydrogen-bond donors (Lipinski definition) is 1. The average Bonchev–Trinajstić information content (AvgIpc) is 2.74. The van der Waals surface area contributed by atoms with Gasteiger partial charge in [-0.1, -0.05) is 0 Å². The van der Waals surface area contributed by atoms with Gasteiger partial charge in [0.15, 0.2) is 0 Å². The highest BCUT2D eigenvalue weighted by molar-refractivity contribution is 7.87. The summed E-state index contributed by atoms with van der Waals surface area (Å²) in [7, 11) is -5.95. The second-order valence-corrected chi connectivity index (χ2v) is 14.4. The van der Waals surface area contributed by atoms with Gasteiger partial charge in [0.1, 0.15) is 17.8 Å². The summed E-state index contributed by atoms with van der Waals surface area (Å²) >= 11 is 0. The molecule has 8 nitrogen and oxygen atoms in total. The lowest BCUT2D eigenvalue weighted by atomic mass is 9.50. The second kappa shape index (κ2) is 7.85. The largest absolute Gasteiger partial charge is 0.465 e. The fraction of sp³-hybridized carbons (Fsp3) is 0.920. The monoisotopic (exact) mass is 532 g/mol. The van der Waals surface area contributed by atoms with Gasteiger partial charge in [-0.15, -0.1) is 0 Å². The van der Waals surface area contributed by atoms with Crippen molar-refractivity contribution in [3.05, 3.63) is 0 Å². The molecular formula is C25H34F2O8S. The van der Waals surface area contributed by atoms with E-state index in [0.717, 1.165) is 43.9 Å². The number of alkyl halides is 2. The SMILES string of the molecule is CC1(OC(=O)COC23CC4CC(C2)CC(OC(=O)C(F)(F)S(=O)(=O)O)(C4)C3)C2CC3CC(C2)CC1C3. The van der Waals surface area contributed by atoms with Crippen molar-refractivity contribution < 1.29 is 45.6 Å². The van der Waals surface area contributed by atoms with Gasteiger partial charge in [0, 0.05) is 6.42 Å². The molecule has 0 radical (unpaired) electrons. The van der Waals surface area contributed by atoms with Gasteiger partial charge in [-0.05, 0) is 107 Å². The van der Waals surface area contributed by atoms with E-state index >= 15 is 0 Å². The summed E-state index contributed by atoms with van der Waals surface area (Å²) < 4.78 is 76.2. The van der Waals surface area contributed by atoms with Gasteiger partial charge in [0.25, 0.3) is 0 Å². The topological polar surface area (TPSA) is 116 Å². The van der Waals surface area contributed by atoms with Crippen LogP contribution in [0.3, 0.4) is 0 Å². The van der Waals surface area contributed by atoms with Crippen molar-refractivity contribution in [1.29, 1.82) is 0 Å². The number of hydrogen-bond acceptors (Lipinski definition) is 7. The van der Waals surface area contributed by atoms with E-state index in [1.165, 1.54) is 6.42 Å². The first-order valence-corrected chi connectivity index (χ1v) is 14.6. The zero-order valence-electron chi connectivity index (χ0n) is 20.4. The van der Waals surface area contributed by atoms with Gasteiger partial charge in [-0.3, -0.25) is 4.55 Å². The van der Waals surface area contributed by atoms with Crippen LogP contribution < -0.4 is 0 Å². The predicted molar refractivity (Wildman–Crippen MR) is 120 cm³/mol. The molecule has 0 heterocycles. The van der Waals surface area contributed by atoms with Gasteiger partial charge < -0.3 is 14.2 Å². The minimum Gasteiger partial charge on any atom is -0.457 e. The smallest absolute Gasteiger partial charge is 0.457 e. The lowest BCUT2D eigenvalue weighted by Gasteiger charge is -2.60. The summed E-state index contributed by atoms with van der Waals surface area (Å²) in [5.41, 5.74) is -2.60. The summed E-state index contributed by atoms with van der Waals surface area (Å²) in [6.45, 7) is 1.80. The van der Waals surface area contributed by atoms with Crippen LogP contribution in [0.4, 0.5) is 8.78 Å². The molecule has 0 aromatic heterocycles. The van der Waals surface area contributed by atoms with E-state index in [0.29, 0.717) is 37.5 Å². The Labute approximate surface area is 209 Å². The number of halogens is 2. The minimum atomic E-state index is -5.95. The first-order chi connectivity index (χ1) is 16.7. The van der Waals surface area contributed by atoms with Gasteiger partial charge in [0.05, 0.1) is 5.60 Å². The maximum absolute atomic E-state index is 13.9. The van der Waals surface area contributed by atoms with Crippen LogP contribution in [0.2, 0.25) is 0 Å². The van der Waals surface area contributed by atoms with Gasteiger partial charge >= 0.3 is 27.3 Å². The minimum absolute atomic E-state index is 0.0522. The molecule has 8 aliphatic carbocycles. The Morgan fingerprint density at radius 1 is 0.861 bits per heavy atom. The van der Waals surface area contributed by atoms with E-state index in [4.69, 9.17) is 18.8 Å². The first kappa shape index (κ1) is 25.0. The Morgan fingerprint density at radius 3 is 1.89 bits per heavy atom. The van der Waals surface area contributed by atoms with Crippen molar-refractivity contribution in [3.8, 4) is 0 Å².